The van der Waals surface area contributed by atoms with Crippen molar-refractivity contribution in [2.24, 2.45) is 5.92 Å². The lowest BCUT2D eigenvalue weighted by molar-refractivity contribution is 0.0652. The molecule has 0 radical (unpaired) electrons. The van der Waals surface area contributed by atoms with Crippen molar-refractivity contribution >= 4 is 0 Å². The van der Waals surface area contributed by atoms with Crippen LogP contribution in [0.2, 0.25) is 0 Å². The van der Waals surface area contributed by atoms with Crippen LogP contribution in [0.4, 0.5) is 0 Å². The first-order valence-corrected chi connectivity index (χ1v) is 7.69. The first-order chi connectivity index (χ1) is 8.22. The molecule has 0 amide bonds. The van der Waals surface area contributed by atoms with Gasteiger partial charge >= 0.3 is 0 Å². The smallest absolute Gasteiger partial charge is 0.0223 e. The van der Waals surface area contributed by atoms with Crippen molar-refractivity contribution in [1.82, 2.24) is 10.2 Å². The summed E-state index contributed by atoms with van der Waals surface area (Å²) < 4.78 is 0. The molecule has 17 heavy (non-hydrogen) atoms. The van der Waals surface area contributed by atoms with Gasteiger partial charge < -0.3 is 5.32 Å². The largest absolute Gasteiger partial charge is 0.315 e. The minimum Gasteiger partial charge on any atom is -0.315 e. The van der Waals surface area contributed by atoms with Gasteiger partial charge in [0.05, 0.1) is 0 Å². The van der Waals surface area contributed by atoms with Crippen LogP contribution in [-0.2, 0) is 0 Å². The van der Waals surface area contributed by atoms with Gasteiger partial charge in [-0.05, 0) is 38.6 Å². The van der Waals surface area contributed by atoms with Crippen molar-refractivity contribution in [2.45, 2.75) is 71.9 Å². The lowest BCUT2D eigenvalue weighted by Gasteiger charge is -2.43. The third kappa shape index (κ3) is 4.59. The van der Waals surface area contributed by atoms with Gasteiger partial charge in [-0.1, -0.05) is 33.6 Å². The Morgan fingerprint density at radius 1 is 1.24 bits per heavy atom. The summed E-state index contributed by atoms with van der Waals surface area (Å²) in [5.74, 6) is 0.937. The highest BCUT2D eigenvalue weighted by atomic mass is 15.2. The van der Waals surface area contributed by atoms with E-state index in [9.17, 15) is 0 Å². The molecule has 0 spiro atoms. The maximum Gasteiger partial charge on any atom is 0.0223 e. The van der Waals surface area contributed by atoms with E-state index in [4.69, 9.17) is 0 Å². The Kier molecular flexibility index (Phi) is 7.14. The summed E-state index contributed by atoms with van der Waals surface area (Å²) in [6, 6.07) is 1.54. The second kappa shape index (κ2) is 8.10. The van der Waals surface area contributed by atoms with Crippen LogP contribution in [0.25, 0.3) is 0 Å². The molecule has 0 aromatic carbocycles. The molecule has 1 saturated heterocycles. The number of likely N-dealkylation sites (tertiary alicyclic amines) is 1. The van der Waals surface area contributed by atoms with Crippen LogP contribution >= 0.6 is 0 Å². The van der Waals surface area contributed by atoms with E-state index >= 15 is 0 Å². The molecule has 1 heterocycles. The molecule has 1 aliphatic heterocycles. The van der Waals surface area contributed by atoms with E-state index in [2.05, 4.69) is 37.9 Å². The first kappa shape index (κ1) is 15.0. The van der Waals surface area contributed by atoms with Crippen LogP contribution in [0.15, 0.2) is 0 Å². The summed E-state index contributed by atoms with van der Waals surface area (Å²) in [4.78, 5) is 2.78. The Hall–Kier alpha value is -0.0800. The topological polar surface area (TPSA) is 15.3 Å². The lowest BCUT2D eigenvalue weighted by Crippen LogP contribution is -2.51. The van der Waals surface area contributed by atoms with Crippen molar-refractivity contribution in [3.8, 4) is 0 Å². The molecule has 0 aromatic heterocycles. The molecule has 2 nitrogen and oxygen atoms in total. The number of piperidine rings is 1. The standard InChI is InChI=1S/C15H32N2/c1-5-8-15(11-16-7-3)17-12-14(6-2)10-9-13(17)4/h13-16H,5-12H2,1-4H3. The fourth-order valence-corrected chi connectivity index (χ4v) is 3.08. The van der Waals surface area contributed by atoms with E-state index < -0.39 is 0 Å². The maximum absolute atomic E-state index is 3.54. The van der Waals surface area contributed by atoms with Gasteiger partial charge in [0.25, 0.3) is 0 Å². The molecule has 102 valence electrons. The molecule has 1 N–H and O–H groups in total. The minimum absolute atomic E-state index is 0.754. The molecular formula is C15H32N2. The van der Waals surface area contributed by atoms with Crippen LogP contribution in [0.3, 0.4) is 0 Å². The molecule has 0 aromatic rings. The zero-order valence-electron chi connectivity index (χ0n) is 12.3. The molecular weight excluding hydrogens is 208 g/mol. The molecule has 1 rings (SSSR count). The highest BCUT2D eigenvalue weighted by molar-refractivity contribution is 4.84. The van der Waals surface area contributed by atoms with Crippen molar-refractivity contribution in [2.75, 3.05) is 19.6 Å². The highest BCUT2D eigenvalue weighted by Gasteiger charge is 2.29. The second-order valence-electron chi connectivity index (χ2n) is 5.65. The summed E-state index contributed by atoms with van der Waals surface area (Å²) in [5.41, 5.74) is 0. The van der Waals surface area contributed by atoms with Crippen LogP contribution in [0, 0.1) is 5.92 Å². The Bertz CT molecular complexity index is 193. The van der Waals surface area contributed by atoms with Gasteiger partial charge in [-0.15, -0.1) is 0 Å². The predicted octanol–water partition coefficient (Wildman–Crippen LogP) is 3.28. The maximum atomic E-state index is 3.54. The van der Waals surface area contributed by atoms with Crippen molar-refractivity contribution in [1.29, 1.82) is 0 Å². The summed E-state index contributed by atoms with van der Waals surface area (Å²) in [6.45, 7) is 12.9. The number of rotatable bonds is 7. The van der Waals surface area contributed by atoms with E-state index in [0.29, 0.717) is 0 Å². The summed E-state index contributed by atoms with van der Waals surface area (Å²) in [6.07, 6.45) is 6.83. The monoisotopic (exact) mass is 240 g/mol. The SMILES string of the molecule is CCCC(CNCC)N1CC(CC)CCC1C. The fraction of sp³-hybridized carbons (Fsp3) is 1.00. The molecule has 0 aliphatic carbocycles. The van der Waals surface area contributed by atoms with E-state index in [1.165, 1.54) is 45.2 Å². The Balaban J connectivity index is 2.55. The molecule has 2 heteroatoms. The number of nitrogens with one attached hydrogen (secondary N) is 1. The molecule has 0 bridgehead atoms. The van der Waals surface area contributed by atoms with E-state index in [-0.39, 0.29) is 0 Å². The highest BCUT2D eigenvalue weighted by Crippen LogP contribution is 2.26. The number of hydrogen-bond donors (Lipinski definition) is 1. The van der Waals surface area contributed by atoms with Gasteiger partial charge in [-0.3, -0.25) is 4.90 Å². The zero-order chi connectivity index (χ0) is 12.7. The summed E-state index contributed by atoms with van der Waals surface area (Å²) in [5, 5.41) is 3.54. The van der Waals surface area contributed by atoms with E-state index in [1.807, 2.05) is 0 Å². The van der Waals surface area contributed by atoms with E-state index in [0.717, 1.165) is 24.5 Å². The van der Waals surface area contributed by atoms with Gasteiger partial charge in [-0.2, -0.15) is 0 Å². The Morgan fingerprint density at radius 3 is 2.59 bits per heavy atom. The third-order valence-corrected chi connectivity index (χ3v) is 4.33. The van der Waals surface area contributed by atoms with Crippen molar-refractivity contribution < 1.29 is 0 Å². The predicted molar refractivity (Wildman–Crippen MR) is 76.4 cm³/mol. The average Bonchev–Trinajstić information content (AvgIpc) is 2.35. The molecule has 3 unspecified atom stereocenters. The molecule has 0 saturated carbocycles. The number of nitrogens with zero attached hydrogens (tertiary/aromatic N) is 1. The van der Waals surface area contributed by atoms with Crippen LogP contribution in [0.1, 0.15) is 59.8 Å². The van der Waals surface area contributed by atoms with E-state index in [1.54, 1.807) is 0 Å². The van der Waals surface area contributed by atoms with Crippen molar-refractivity contribution in [3.63, 3.8) is 0 Å². The molecule has 3 atom stereocenters. The van der Waals surface area contributed by atoms with Crippen LogP contribution in [0.5, 0.6) is 0 Å². The van der Waals surface area contributed by atoms with Gasteiger partial charge in [0, 0.05) is 25.2 Å². The van der Waals surface area contributed by atoms with Gasteiger partial charge in [0.2, 0.25) is 0 Å². The van der Waals surface area contributed by atoms with Gasteiger partial charge in [0.1, 0.15) is 0 Å². The minimum atomic E-state index is 0.754. The average molecular weight is 240 g/mol. The number of likely N-dealkylation sites (N-methyl/N-ethyl adjacent to an activating group) is 1. The molecule has 1 aliphatic rings. The summed E-state index contributed by atoms with van der Waals surface area (Å²) in [7, 11) is 0. The van der Waals surface area contributed by atoms with Gasteiger partial charge in [0.15, 0.2) is 0 Å². The first-order valence-electron chi connectivity index (χ1n) is 7.69. The van der Waals surface area contributed by atoms with Crippen LogP contribution < -0.4 is 5.32 Å². The Labute approximate surface area is 108 Å². The fourth-order valence-electron chi connectivity index (χ4n) is 3.08. The lowest BCUT2D eigenvalue weighted by atomic mass is 9.89. The third-order valence-electron chi connectivity index (χ3n) is 4.33. The Morgan fingerprint density at radius 2 is 2.00 bits per heavy atom. The quantitative estimate of drug-likeness (QED) is 0.735. The second-order valence-corrected chi connectivity index (χ2v) is 5.65. The zero-order valence-corrected chi connectivity index (χ0v) is 12.3. The van der Waals surface area contributed by atoms with Gasteiger partial charge in [-0.25, -0.2) is 0 Å². The molecule has 1 fully saturated rings. The van der Waals surface area contributed by atoms with Crippen molar-refractivity contribution in [3.05, 3.63) is 0 Å². The van der Waals surface area contributed by atoms with Crippen LogP contribution in [-0.4, -0.2) is 36.6 Å². The normalized spacial score (nSPS) is 28.2. The summed E-state index contributed by atoms with van der Waals surface area (Å²) >= 11 is 0. The number of hydrogen-bond acceptors (Lipinski definition) is 2.